The first-order valence-electron chi connectivity index (χ1n) is 47.1. The number of carbonyl (C=O) groups excluding carboxylic acids is 8. The number of alkyl carbamates (subject to hydrolysis) is 1. The SMILES string of the molecule is CO[C@H]1C[C@@H]2CC[C@@H](C)[C@@](O)(O2)C(=O)C(=O)N2CCCC[C@H]2C(=O)O[C@H]([C@H](N)C[C@@H]2CC[C@@H](OC(=O)NCc3cnc(N4CCN(c5cnc(C(=O)NCCOCCOCCOCCOCCC(=O)N6CCc7cc(Cn8nc(-c9ccc%10oc(N)nc%10c9)c9c(N)ncnc98)ccc7C6)cn5)CC4)nc3)[C@H](OC)C2)CC(=O)[C@H](C)/C=C(\C)[C@@H](O)[C@@H](O)C(=O)[C@H](C)C[C@H](C)/C=C/C=CC=C1C. The number of nitrogens with one attached hydrogen (secondary N) is 2. The van der Waals surface area contributed by atoms with Crippen molar-refractivity contribution in [3.63, 3.8) is 0 Å². The number of rotatable bonds is 29. The molecule has 4 fully saturated rings. The number of ether oxygens (including phenoxy) is 9. The molecule has 2 bridgehead atoms. The van der Waals surface area contributed by atoms with Crippen molar-refractivity contribution in [2.75, 3.05) is 134 Å². The predicted molar refractivity (Wildman–Crippen MR) is 501 cm³/mol. The number of fused-ring (bicyclic) bond motifs is 6. The van der Waals surface area contributed by atoms with Crippen molar-refractivity contribution in [3.05, 3.63) is 143 Å². The van der Waals surface area contributed by atoms with Crippen molar-refractivity contribution >= 4 is 92.9 Å². The lowest BCUT2D eigenvalue weighted by molar-refractivity contribution is -0.265. The van der Waals surface area contributed by atoms with E-state index >= 15 is 0 Å². The van der Waals surface area contributed by atoms with Gasteiger partial charge in [-0.1, -0.05) is 82.4 Å². The van der Waals surface area contributed by atoms with Crippen LogP contribution in [-0.4, -0.2) is 290 Å². The number of amides is 4. The van der Waals surface area contributed by atoms with Gasteiger partial charge in [-0.25, -0.2) is 44.2 Å². The van der Waals surface area contributed by atoms with Crippen molar-refractivity contribution in [3.8, 4) is 11.3 Å². The number of aromatic nitrogens is 9. The minimum absolute atomic E-state index is 0.0114. The van der Waals surface area contributed by atoms with Crippen LogP contribution in [0.4, 0.5) is 28.4 Å². The number of anilines is 4. The Kier molecular flexibility index (Phi) is 36.3. The monoisotopic (exact) mass is 1880 g/mol. The Bertz CT molecular complexity index is 5390. The highest BCUT2D eigenvalue weighted by molar-refractivity contribution is 6.39. The number of cyclic esters (lactones) is 1. The van der Waals surface area contributed by atoms with E-state index in [1.54, 1.807) is 52.5 Å². The number of oxazole rings is 1. The molecule has 13 rings (SSSR count). The minimum Gasteiger partial charge on any atom is -0.459 e. The van der Waals surface area contributed by atoms with Gasteiger partial charge in [-0.3, -0.25) is 28.8 Å². The normalized spacial score (nSPS) is 26.0. The van der Waals surface area contributed by atoms with E-state index in [4.69, 9.17) is 69.3 Å². The Morgan fingerprint density at radius 1 is 0.706 bits per heavy atom. The largest absolute Gasteiger partial charge is 0.459 e. The molecule has 7 aromatic rings. The lowest BCUT2D eigenvalue weighted by Gasteiger charge is -2.42. The summed E-state index contributed by atoms with van der Waals surface area (Å²) < 4.78 is 60.2. The summed E-state index contributed by atoms with van der Waals surface area (Å²) in [4.78, 5) is 150. The van der Waals surface area contributed by atoms with Gasteiger partial charge in [0.1, 0.15) is 71.1 Å². The number of aliphatic hydroxyl groups excluding tert-OH is 2. The molecule has 15 atom stereocenters. The van der Waals surface area contributed by atoms with Gasteiger partial charge in [0.15, 0.2) is 17.0 Å². The Balaban J connectivity index is 0.490. The van der Waals surface area contributed by atoms with Crippen LogP contribution >= 0.6 is 0 Å². The van der Waals surface area contributed by atoms with Gasteiger partial charge in [-0.15, -0.1) is 0 Å². The first-order chi connectivity index (χ1) is 65.5. The highest BCUT2D eigenvalue weighted by atomic mass is 16.6. The van der Waals surface area contributed by atoms with Gasteiger partial charge < -0.3 is 110 Å². The van der Waals surface area contributed by atoms with Crippen LogP contribution in [0.25, 0.3) is 33.4 Å². The summed E-state index contributed by atoms with van der Waals surface area (Å²) in [6, 6.07) is 9.60. The lowest BCUT2D eigenvalue weighted by atomic mass is 9.80. The van der Waals surface area contributed by atoms with E-state index in [2.05, 4.69) is 62.6 Å². The first kappa shape index (κ1) is 102. The second-order valence-corrected chi connectivity index (χ2v) is 36.2. The molecule has 3 saturated heterocycles. The molecule has 5 aliphatic heterocycles. The molecule has 0 unspecified atom stereocenters. The molecule has 1 aliphatic carbocycles. The number of carbonyl (C=O) groups is 8. The topological polar surface area (TPSA) is 517 Å². The molecule has 6 aliphatic rings. The maximum absolute atomic E-state index is 14.7. The number of Topliss-reactive ketones (excluding diaryl/α,β-unsaturated/α-hetero) is 3. The summed E-state index contributed by atoms with van der Waals surface area (Å²) in [5.41, 5.74) is 27.5. The maximum Gasteiger partial charge on any atom is 0.407 e. The number of hydrogen-bond acceptors (Lipinski definition) is 34. The number of hydrogen-bond donors (Lipinski definition) is 8. The van der Waals surface area contributed by atoms with Crippen molar-refractivity contribution in [2.45, 2.75) is 212 Å². The van der Waals surface area contributed by atoms with E-state index in [-0.39, 0.29) is 99.5 Å². The molecule has 0 radical (unpaired) electrons. The standard InChI is InChI=1S/C97H130N18O21/c1-58-14-10-9-11-15-59(2)78(127-7)48-70-22-17-63(6)97(126,136-70)88(121)92(123)114-28-13-12-16-74(114)93(124)133-79(49-75(116)60(3)43-62(5)86(119)87(120)85(118)61(4)42-58)71(98)45-64-19-23-77(80(46-64)128-8)135-96(125)106-52-66-50-104-95(105-51-66)112-32-30-111(31-33-112)81-54-102-73(53-103-81)91(122)101-27-35-130-37-39-132-41-40-131-38-36-129-34-26-82(117)113-29-25-67-44-65(18-20-69(67)56-113)55-115-90-83(89(99)107-57-108-90)84(110-115)68-21-24-76-72(47-68)109-94(100)134-76/h9-11,14-15,18,20-21,24,43-44,47,50-51,53-54,57-58,60-61,63-64,70-71,74,77-80,86-87,119-120,126H,12-13,16-17,19,22-23,25-42,45-46,48-49,52,55-56,98H2,1-8H3,(H2,100,109)(H,101,122)(H,106,125)(H2,99,107,108)/b11-9?,14-10+,59-15?,62-43+/t58-,60-,61-,63-,64+,70+,71-,74+,77-,78+,79+,80-,86-,87+,97-/m1/s1. The zero-order valence-corrected chi connectivity index (χ0v) is 78.8. The number of esters is 1. The molecule has 734 valence electrons. The zero-order valence-electron chi connectivity index (χ0n) is 78.8. The number of piperidine rings is 1. The summed E-state index contributed by atoms with van der Waals surface area (Å²) in [6.07, 6.45) is 15.1. The number of methoxy groups -OCH3 is 2. The van der Waals surface area contributed by atoms with Gasteiger partial charge in [-0.05, 0) is 142 Å². The molecule has 1 saturated carbocycles. The summed E-state index contributed by atoms with van der Waals surface area (Å²) >= 11 is 0. The van der Waals surface area contributed by atoms with Crippen LogP contribution in [0.5, 0.6) is 0 Å². The van der Waals surface area contributed by atoms with Crippen molar-refractivity contribution in [1.82, 2.24) is 65.1 Å². The van der Waals surface area contributed by atoms with E-state index in [0.717, 1.165) is 27.2 Å². The average Bonchev–Trinajstić information content (AvgIpc) is 1.62. The second kappa shape index (κ2) is 48.5. The van der Waals surface area contributed by atoms with Gasteiger partial charge in [0.2, 0.25) is 17.6 Å². The molecule has 10 heterocycles. The van der Waals surface area contributed by atoms with Crippen molar-refractivity contribution < 1.29 is 101 Å². The fraction of sp³-hybridized carbons (Fsp3) is 0.567. The number of nitrogens with zero attached hydrogens (tertiary/aromatic N) is 13. The van der Waals surface area contributed by atoms with Gasteiger partial charge >= 0.3 is 12.1 Å². The number of ketones is 3. The molecule has 2 aromatic carbocycles. The Hall–Kier alpha value is -11.5. The van der Waals surface area contributed by atoms with E-state index in [0.29, 0.717) is 194 Å². The first-order valence-corrected chi connectivity index (χ1v) is 47.1. The summed E-state index contributed by atoms with van der Waals surface area (Å²) in [5.74, 6) is -8.35. The summed E-state index contributed by atoms with van der Waals surface area (Å²) in [5, 5.41) is 45.9. The van der Waals surface area contributed by atoms with Crippen LogP contribution in [0.15, 0.2) is 120 Å². The van der Waals surface area contributed by atoms with E-state index in [1.807, 2.05) is 76.9 Å². The van der Waals surface area contributed by atoms with E-state index in [9.17, 15) is 53.7 Å². The smallest absolute Gasteiger partial charge is 0.407 e. The number of allylic oxidation sites excluding steroid dienone is 6. The second-order valence-electron chi connectivity index (χ2n) is 36.2. The Labute approximate surface area is 790 Å². The molecular formula is C97H130N18O21. The van der Waals surface area contributed by atoms with Crippen LogP contribution in [0.2, 0.25) is 0 Å². The highest BCUT2D eigenvalue weighted by Crippen LogP contribution is 2.40. The molecule has 0 spiro atoms. The van der Waals surface area contributed by atoms with Gasteiger partial charge in [0.25, 0.3) is 23.6 Å². The van der Waals surface area contributed by atoms with E-state index < -0.39 is 120 Å². The number of nitrogens with two attached hydrogens (primary N) is 3. The predicted octanol–water partition coefficient (Wildman–Crippen LogP) is 6.99. The number of nitrogen functional groups attached to an aromatic ring is 2. The van der Waals surface area contributed by atoms with Crippen LogP contribution in [0, 0.1) is 29.6 Å². The zero-order chi connectivity index (χ0) is 96.7. The van der Waals surface area contributed by atoms with Crippen LogP contribution in [0.3, 0.4) is 0 Å². The van der Waals surface area contributed by atoms with E-state index in [1.165, 1.54) is 38.2 Å². The van der Waals surface area contributed by atoms with Crippen LogP contribution in [0.1, 0.15) is 158 Å². The third kappa shape index (κ3) is 26.6. The van der Waals surface area contributed by atoms with Gasteiger partial charge in [0, 0.05) is 133 Å². The number of aliphatic hydroxyl groups is 3. The van der Waals surface area contributed by atoms with Crippen LogP contribution < -0.4 is 37.6 Å². The summed E-state index contributed by atoms with van der Waals surface area (Å²) in [7, 11) is 3.06. The van der Waals surface area contributed by atoms with Crippen molar-refractivity contribution in [2.24, 2.45) is 35.3 Å². The van der Waals surface area contributed by atoms with Gasteiger partial charge in [-0.2, -0.15) is 10.1 Å². The Morgan fingerprint density at radius 3 is 2.18 bits per heavy atom. The van der Waals surface area contributed by atoms with Crippen molar-refractivity contribution in [1.29, 1.82) is 0 Å². The molecule has 5 aromatic heterocycles. The minimum atomic E-state index is -2.52. The third-order valence-corrected chi connectivity index (χ3v) is 26.4. The molecular weight excluding hydrogens is 1750 g/mol. The molecule has 39 heteroatoms. The molecule has 136 heavy (non-hydrogen) atoms. The quantitative estimate of drug-likeness (QED) is 0.0101. The highest BCUT2D eigenvalue weighted by Gasteiger charge is 2.53. The molecule has 39 nitrogen and oxygen atoms in total. The molecule has 11 N–H and O–H groups in total. The van der Waals surface area contributed by atoms with Crippen LogP contribution in [-0.2, 0) is 97.5 Å². The Morgan fingerprint density at radius 2 is 1.45 bits per heavy atom. The number of benzene rings is 2. The maximum atomic E-state index is 14.7. The third-order valence-electron chi connectivity index (χ3n) is 26.4. The fourth-order valence-electron chi connectivity index (χ4n) is 18.4. The summed E-state index contributed by atoms with van der Waals surface area (Å²) in [6.45, 7) is 17.0. The molecule has 4 amide bonds. The lowest BCUT2D eigenvalue weighted by Crippen LogP contribution is -2.61. The van der Waals surface area contributed by atoms with Gasteiger partial charge in [0.05, 0.1) is 102 Å². The number of piperazine rings is 1. The average molecular weight is 1880 g/mol. The fourth-order valence-corrected chi connectivity index (χ4v) is 18.4.